The van der Waals surface area contributed by atoms with E-state index in [1.807, 2.05) is 29.2 Å². The highest BCUT2D eigenvalue weighted by molar-refractivity contribution is 5.52. The number of nitrogens with one attached hydrogen (secondary N) is 1. The van der Waals surface area contributed by atoms with Gasteiger partial charge in [-0.15, -0.1) is 0 Å². The quantitative estimate of drug-likeness (QED) is 0.849. The molecule has 0 atom stereocenters. The number of rotatable bonds is 5. The van der Waals surface area contributed by atoms with Gasteiger partial charge in [-0.05, 0) is 29.8 Å². The molecule has 0 saturated carbocycles. The second kappa shape index (κ2) is 5.35. The van der Waals surface area contributed by atoms with Crippen molar-refractivity contribution in [2.75, 3.05) is 19.6 Å². The minimum atomic E-state index is 0.0183. The SMILES string of the molecule is COc1cc(CNn2cccc2)cc(OC)c1O. The molecule has 0 bridgehead atoms. The van der Waals surface area contributed by atoms with Crippen LogP contribution < -0.4 is 14.9 Å². The zero-order valence-electron chi connectivity index (χ0n) is 10.4. The Morgan fingerprint density at radius 1 is 1.11 bits per heavy atom. The van der Waals surface area contributed by atoms with Crippen molar-refractivity contribution >= 4 is 0 Å². The minimum Gasteiger partial charge on any atom is -0.502 e. The molecule has 0 saturated heterocycles. The molecular formula is C13H16N2O3. The van der Waals surface area contributed by atoms with Gasteiger partial charge in [0, 0.05) is 12.4 Å². The van der Waals surface area contributed by atoms with Crippen LogP contribution in [0, 0.1) is 0 Å². The molecule has 1 aromatic carbocycles. The van der Waals surface area contributed by atoms with Crippen molar-refractivity contribution < 1.29 is 14.6 Å². The van der Waals surface area contributed by atoms with Gasteiger partial charge in [0.25, 0.3) is 0 Å². The smallest absolute Gasteiger partial charge is 0.200 e. The highest BCUT2D eigenvalue weighted by atomic mass is 16.5. The van der Waals surface area contributed by atoms with Crippen molar-refractivity contribution in [3.05, 3.63) is 42.2 Å². The number of aromatic nitrogens is 1. The van der Waals surface area contributed by atoms with Gasteiger partial charge in [0.2, 0.25) is 5.75 Å². The molecule has 0 aliphatic carbocycles. The van der Waals surface area contributed by atoms with Crippen molar-refractivity contribution in [3.8, 4) is 17.2 Å². The highest BCUT2D eigenvalue weighted by Gasteiger charge is 2.10. The summed E-state index contributed by atoms with van der Waals surface area (Å²) >= 11 is 0. The average molecular weight is 248 g/mol. The number of phenolic OH excluding ortho intramolecular Hbond substituents is 1. The van der Waals surface area contributed by atoms with E-state index in [4.69, 9.17) is 9.47 Å². The summed E-state index contributed by atoms with van der Waals surface area (Å²) < 4.78 is 12.1. The van der Waals surface area contributed by atoms with E-state index in [-0.39, 0.29) is 5.75 Å². The van der Waals surface area contributed by atoms with Crippen LogP contribution in [0.15, 0.2) is 36.7 Å². The van der Waals surface area contributed by atoms with E-state index < -0.39 is 0 Å². The Labute approximate surface area is 106 Å². The molecule has 2 rings (SSSR count). The van der Waals surface area contributed by atoms with Gasteiger partial charge >= 0.3 is 0 Å². The molecule has 18 heavy (non-hydrogen) atoms. The number of phenols is 1. The molecule has 5 nitrogen and oxygen atoms in total. The summed E-state index contributed by atoms with van der Waals surface area (Å²) in [5, 5.41) is 9.79. The lowest BCUT2D eigenvalue weighted by Crippen LogP contribution is -2.11. The number of ether oxygens (including phenoxy) is 2. The standard InChI is InChI=1S/C13H16N2O3/c1-17-11-7-10(8-12(18-2)13(11)16)9-14-15-5-3-4-6-15/h3-8,14,16H,9H2,1-2H3. The third-order valence-electron chi connectivity index (χ3n) is 2.61. The molecule has 2 aromatic rings. The second-order valence-corrected chi connectivity index (χ2v) is 3.77. The Morgan fingerprint density at radius 3 is 2.17 bits per heavy atom. The molecule has 0 amide bonds. The van der Waals surface area contributed by atoms with E-state index in [0.29, 0.717) is 18.0 Å². The third-order valence-corrected chi connectivity index (χ3v) is 2.61. The fourth-order valence-corrected chi connectivity index (χ4v) is 1.67. The number of hydrogen-bond acceptors (Lipinski definition) is 4. The fraction of sp³-hybridized carbons (Fsp3) is 0.231. The molecule has 0 fully saturated rings. The molecule has 0 spiro atoms. The van der Waals surface area contributed by atoms with E-state index in [1.165, 1.54) is 14.2 Å². The van der Waals surface area contributed by atoms with Gasteiger partial charge in [0.1, 0.15) is 0 Å². The predicted octanol–water partition coefficient (Wildman–Crippen LogP) is 1.95. The average Bonchev–Trinajstić information content (AvgIpc) is 2.90. The maximum Gasteiger partial charge on any atom is 0.200 e. The zero-order valence-corrected chi connectivity index (χ0v) is 10.4. The second-order valence-electron chi connectivity index (χ2n) is 3.77. The van der Waals surface area contributed by atoms with Gasteiger partial charge in [0.15, 0.2) is 11.5 Å². The third kappa shape index (κ3) is 2.51. The number of aromatic hydroxyl groups is 1. The molecule has 1 aromatic heterocycles. The Balaban J connectivity index is 2.17. The summed E-state index contributed by atoms with van der Waals surface area (Å²) in [6.45, 7) is 0.599. The van der Waals surface area contributed by atoms with Gasteiger partial charge in [-0.1, -0.05) is 0 Å². The first-order chi connectivity index (χ1) is 8.74. The van der Waals surface area contributed by atoms with Crippen LogP contribution in [-0.4, -0.2) is 24.0 Å². The molecule has 0 radical (unpaired) electrons. The molecule has 0 aliphatic heterocycles. The molecule has 5 heteroatoms. The minimum absolute atomic E-state index is 0.0183. The predicted molar refractivity (Wildman–Crippen MR) is 68.7 cm³/mol. The Bertz CT molecular complexity index is 484. The van der Waals surface area contributed by atoms with Crippen LogP contribution in [0.25, 0.3) is 0 Å². The largest absolute Gasteiger partial charge is 0.502 e. The first-order valence-corrected chi connectivity index (χ1v) is 5.55. The van der Waals surface area contributed by atoms with E-state index in [1.54, 1.807) is 12.1 Å². The van der Waals surface area contributed by atoms with E-state index >= 15 is 0 Å². The number of hydrogen-bond donors (Lipinski definition) is 2. The molecule has 1 heterocycles. The topological polar surface area (TPSA) is 55.7 Å². The Morgan fingerprint density at radius 2 is 1.67 bits per heavy atom. The van der Waals surface area contributed by atoms with Crippen LogP contribution in [0.1, 0.15) is 5.56 Å². The van der Waals surface area contributed by atoms with Crippen molar-refractivity contribution in [2.45, 2.75) is 6.54 Å². The molecular weight excluding hydrogens is 232 g/mol. The van der Waals surface area contributed by atoms with Crippen molar-refractivity contribution in [1.82, 2.24) is 4.68 Å². The lowest BCUT2D eigenvalue weighted by molar-refractivity contribution is 0.339. The van der Waals surface area contributed by atoms with E-state index in [2.05, 4.69) is 5.43 Å². The van der Waals surface area contributed by atoms with Crippen LogP contribution in [-0.2, 0) is 6.54 Å². The Kier molecular flexibility index (Phi) is 3.62. The van der Waals surface area contributed by atoms with Gasteiger partial charge in [-0.25, -0.2) is 0 Å². The number of nitrogens with zero attached hydrogens (tertiary/aromatic N) is 1. The van der Waals surface area contributed by atoms with Gasteiger partial charge in [-0.2, -0.15) is 0 Å². The summed E-state index contributed by atoms with van der Waals surface area (Å²) in [5.41, 5.74) is 4.14. The monoisotopic (exact) mass is 248 g/mol. The van der Waals surface area contributed by atoms with E-state index in [0.717, 1.165) is 5.56 Å². The Hall–Kier alpha value is -2.30. The van der Waals surface area contributed by atoms with Gasteiger partial charge < -0.3 is 20.0 Å². The van der Waals surface area contributed by atoms with Crippen LogP contribution in [0.2, 0.25) is 0 Å². The lowest BCUT2D eigenvalue weighted by Gasteiger charge is -2.12. The highest BCUT2D eigenvalue weighted by Crippen LogP contribution is 2.37. The molecule has 96 valence electrons. The van der Waals surface area contributed by atoms with Crippen molar-refractivity contribution in [2.24, 2.45) is 0 Å². The van der Waals surface area contributed by atoms with Crippen LogP contribution in [0.3, 0.4) is 0 Å². The maximum atomic E-state index is 9.79. The van der Waals surface area contributed by atoms with Crippen LogP contribution >= 0.6 is 0 Å². The van der Waals surface area contributed by atoms with Crippen molar-refractivity contribution in [3.63, 3.8) is 0 Å². The normalized spacial score (nSPS) is 10.1. The summed E-state index contributed by atoms with van der Waals surface area (Å²) in [6, 6.07) is 7.42. The van der Waals surface area contributed by atoms with Crippen molar-refractivity contribution in [1.29, 1.82) is 0 Å². The molecule has 0 unspecified atom stereocenters. The number of methoxy groups -OCH3 is 2. The fourth-order valence-electron chi connectivity index (χ4n) is 1.67. The maximum absolute atomic E-state index is 9.79. The molecule has 2 N–H and O–H groups in total. The van der Waals surface area contributed by atoms with Gasteiger partial charge in [0.05, 0.1) is 20.8 Å². The van der Waals surface area contributed by atoms with Crippen LogP contribution in [0.5, 0.6) is 17.2 Å². The van der Waals surface area contributed by atoms with Gasteiger partial charge in [-0.3, -0.25) is 4.68 Å². The summed E-state index contributed by atoms with van der Waals surface area (Å²) in [5.74, 6) is 0.821. The molecule has 0 aliphatic rings. The zero-order chi connectivity index (χ0) is 13.0. The lowest BCUT2D eigenvalue weighted by atomic mass is 10.2. The van der Waals surface area contributed by atoms with Crippen LogP contribution in [0.4, 0.5) is 0 Å². The summed E-state index contributed by atoms with van der Waals surface area (Å²) in [7, 11) is 3.02. The number of benzene rings is 1. The first kappa shape index (κ1) is 12.2. The van der Waals surface area contributed by atoms with E-state index in [9.17, 15) is 5.11 Å². The summed E-state index contributed by atoms with van der Waals surface area (Å²) in [6.07, 6.45) is 3.82. The first-order valence-electron chi connectivity index (χ1n) is 5.55. The summed E-state index contributed by atoms with van der Waals surface area (Å²) in [4.78, 5) is 0.